The Morgan fingerprint density at radius 2 is 2.05 bits per heavy atom. The normalized spacial score (nSPS) is 15.0. The van der Waals surface area contributed by atoms with Gasteiger partial charge >= 0.3 is 0 Å². The molecule has 1 aromatic rings. The lowest BCUT2D eigenvalue weighted by Crippen LogP contribution is -2.52. The quantitative estimate of drug-likeness (QED) is 0.906. The second-order valence-electron chi connectivity index (χ2n) is 5.63. The maximum atomic E-state index is 12.2. The Bertz CT molecular complexity index is 566. The molecule has 1 N–H and O–H groups in total. The number of aryl methyl sites for hydroxylation is 1. The second-order valence-corrected chi connectivity index (χ2v) is 6.06. The highest BCUT2D eigenvalue weighted by atomic mass is 35.5. The van der Waals surface area contributed by atoms with Gasteiger partial charge in [-0.1, -0.05) is 25.4 Å². The van der Waals surface area contributed by atoms with Gasteiger partial charge in [0.1, 0.15) is 11.3 Å². The summed E-state index contributed by atoms with van der Waals surface area (Å²) in [5, 5.41) is 12.6. The predicted octanol–water partition coefficient (Wildman–Crippen LogP) is 3.47. The number of rotatable bonds is 5. The van der Waals surface area contributed by atoms with Crippen LogP contribution in [0.3, 0.4) is 0 Å². The van der Waals surface area contributed by atoms with Crippen molar-refractivity contribution < 1.29 is 9.53 Å². The van der Waals surface area contributed by atoms with Crippen molar-refractivity contribution in [2.45, 2.75) is 46.3 Å². The Morgan fingerprint density at radius 1 is 1.43 bits per heavy atom. The molecular formula is C16H21ClN2O2. The molecule has 0 spiro atoms. The van der Waals surface area contributed by atoms with E-state index in [1.165, 1.54) is 0 Å². The topological polar surface area (TPSA) is 62.1 Å². The summed E-state index contributed by atoms with van der Waals surface area (Å²) in [6.07, 6.45) is -0.698. The maximum Gasteiger partial charge on any atom is 0.262 e. The molecule has 0 saturated carbocycles. The number of nitrogens with one attached hydrogen (secondary N) is 1. The molecule has 0 fully saturated rings. The smallest absolute Gasteiger partial charge is 0.262 e. The van der Waals surface area contributed by atoms with Crippen molar-refractivity contribution in [3.8, 4) is 11.8 Å². The first-order chi connectivity index (χ1) is 9.69. The zero-order valence-electron chi connectivity index (χ0n) is 13.0. The van der Waals surface area contributed by atoms with Crippen LogP contribution in [0, 0.1) is 24.2 Å². The van der Waals surface area contributed by atoms with Gasteiger partial charge in [-0.15, -0.1) is 0 Å². The van der Waals surface area contributed by atoms with Crippen LogP contribution >= 0.6 is 11.6 Å². The number of nitriles is 1. The molecule has 0 aliphatic carbocycles. The SMILES string of the molecule is Cc1cc(Cl)ccc1O[C@@H](C)C(=O)N[C@](C)(C#N)C(C)C. The van der Waals surface area contributed by atoms with Crippen LogP contribution in [0.1, 0.15) is 33.3 Å². The fourth-order valence-corrected chi connectivity index (χ4v) is 1.87. The largest absolute Gasteiger partial charge is 0.481 e. The molecule has 0 bridgehead atoms. The molecule has 4 nitrogen and oxygen atoms in total. The summed E-state index contributed by atoms with van der Waals surface area (Å²) in [6, 6.07) is 7.35. The van der Waals surface area contributed by atoms with Crippen LogP contribution in [0.5, 0.6) is 5.75 Å². The molecule has 1 amide bonds. The first-order valence-corrected chi connectivity index (χ1v) is 7.23. The number of ether oxygens (including phenoxy) is 1. The van der Waals surface area contributed by atoms with Gasteiger partial charge in [-0.25, -0.2) is 0 Å². The lowest BCUT2D eigenvalue weighted by molar-refractivity contribution is -0.129. The van der Waals surface area contributed by atoms with E-state index in [1.54, 1.807) is 32.0 Å². The van der Waals surface area contributed by atoms with E-state index in [0.29, 0.717) is 10.8 Å². The zero-order chi connectivity index (χ0) is 16.2. The van der Waals surface area contributed by atoms with E-state index in [2.05, 4.69) is 11.4 Å². The molecule has 1 rings (SSSR count). The van der Waals surface area contributed by atoms with Crippen molar-refractivity contribution in [3.63, 3.8) is 0 Å². The van der Waals surface area contributed by atoms with Crippen LogP contribution in [-0.2, 0) is 4.79 Å². The Hall–Kier alpha value is -1.73. The van der Waals surface area contributed by atoms with Crippen molar-refractivity contribution in [2.24, 2.45) is 5.92 Å². The van der Waals surface area contributed by atoms with Crippen LogP contribution in [0.15, 0.2) is 18.2 Å². The summed E-state index contributed by atoms with van der Waals surface area (Å²) < 4.78 is 5.65. The molecule has 0 radical (unpaired) electrons. The van der Waals surface area contributed by atoms with E-state index in [-0.39, 0.29) is 11.8 Å². The number of halogens is 1. The average Bonchev–Trinajstić information content (AvgIpc) is 2.41. The number of hydrogen-bond acceptors (Lipinski definition) is 3. The molecule has 0 aliphatic heterocycles. The van der Waals surface area contributed by atoms with E-state index in [9.17, 15) is 10.1 Å². The van der Waals surface area contributed by atoms with Crippen LogP contribution in [0.2, 0.25) is 5.02 Å². The minimum absolute atomic E-state index is 0.00378. The number of benzene rings is 1. The van der Waals surface area contributed by atoms with Crippen LogP contribution in [0.25, 0.3) is 0 Å². The molecule has 0 unspecified atom stereocenters. The molecule has 1 aromatic carbocycles. The van der Waals surface area contributed by atoms with Gasteiger partial charge in [-0.05, 0) is 50.5 Å². The second kappa shape index (κ2) is 6.82. The Morgan fingerprint density at radius 3 is 2.52 bits per heavy atom. The first kappa shape index (κ1) is 17.3. The predicted molar refractivity (Wildman–Crippen MR) is 83.3 cm³/mol. The molecule has 0 aliphatic rings. The molecule has 5 heteroatoms. The van der Waals surface area contributed by atoms with E-state index in [1.807, 2.05) is 20.8 Å². The van der Waals surface area contributed by atoms with Gasteiger partial charge in [0, 0.05) is 5.02 Å². The summed E-state index contributed by atoms with van der Waals surface area (Å²) in [5.74, 6) is 0.281. The highest BCUT2D eigenvalue weighted by molar-refractivity contribution is 6.30. The molecule has 2 atom stereocenters. The van der Waals surface area contributed by atoms with E-state index < -0.39 is 11.6 Å². The first-order valence-electron chi connectivity index (χ1n) is 6.85. The highest BCUT2D eigenvalue weighted by Crippen LogP contribution is 2.23. The number of hydrogen-bond donors (Lipinski definition) is 1. The van der Waals surface area contributed by atoms with Gasteiger partial charge in [-0.2, -0.15) is 5.26 Å². The molecular weight excluding hydrogens is 288 g/mol. The van der Waals surface area contributed by atoms with E-state index >= 15 is 0 Å². The molecule has 0 heterocycles. The average molecular weight is 309 g/mol. The van der Waals surface area contributed by atoms with Crippen molar-refractivity contribution in [1.82, 2.24) is 5.32 Å². The Labute approximate surface area is 131 Å². The van der Waals surface area contributed by atoms with Gasteiger partial charge in [0.2, 0.25) is 0 Å². The van der Waals surface area contributed by atoms with Crippen molar-refractivity contribution in [1.29, 1.82) is 5.26 Å². The maximum absolute atomic E-state index is 12.2. The van der Waals surface area contributed by atoms with Gasteiger partial charge in [0.05, 0.1) is 6.07 Å². The molecule has 21 heavy (non-hydrogen) atoms. The van der Waals surface area contributed by atoms with Crippen molar-refractivity contribution in [2.75, 3.05) is 0 Å². The van der Waals surface area contributed by atoms with Gasteiger partial charge in [0.15, 0.2) is 6.10 Å². The summed E-state index contributed by atoms with van der Waals surface area (Å²) in [7, 11) is 0. The third-order valence-corrected chi connectivity index (χ3v) is 3.81. The van der Waals surface area contributed by atoms with Gasteiger partial charge < -0.3 is 10.1 Å². The monoisotopic (exact) mass is 308 g/mol. The highest BCUT2D eigenvalue weighted by Gasteiger charge is 2.32. The third kappa shape index (κ3) is 4.37. The minimum Gasteiger partial charge on any atom is -0.481 e. The molecule has 0 aromatic heterocycles. The molecule has 114 valence electrons. The van der Waals surface area contributed by atoms with Crippen molar-refractivity contribution >= 4 is 17.5 Å². The number of amides is 1. The Balaban J connectivity index is 2.78. The van der Waals surface area contributed by atoms with Crippen LogP contribution in [0.4, 0.5) is 0 Å². The standard InChI is InChI=1S/C16H21ClN2O2/c1-10(2)16(5,9-18)19-15(20)12(4)21-14-7-6-13(17)8-11(14)3/h6-8,10,12H,1-5H3,(H,19,20)/t12-,16+/m0/s1. The number of nitrogens with zero attached hydrogens (tertiary/aromatic N) is 1. The summed E-state index contributed by atoms with van der Waals surface area (Å²) in [5.41, 5.74) is -0.0573. The minimum atomic E-state index is -0.913. The van der Waals surface area contributed by atoms with Crippen LogP contribution < -0.4 is 10.1 Å². The number of carbonyl (C=O) groups excluding carboxylic acids is 1. The zero-order valence-corrected chi connectivity index (χ0v) is 13.8. The summed E-state index contributed by atoms with van der Waals surface area (Å²) in [6.45, 7) is 8.99. The summed E-state index contributed by atoms with van der Waals surface area (Å²) in [4.78, 5) is 12.2. The van der Waals surface area contributed by atoms with Crippen molar-refractivity contribution in [3.05, 3.63) is 28.8 Å². The van der Waals surface area contributed by atoms with Gasteiger partial charge in [-0.3, -0.25) is 4.79 Å². The van der Waals surface area contributed by atoms with E-state index in [4.69, 9.17) is 16.3 Å². The molecule has 0 saturated heterocycles. The van der Waals surface area contributed by atoms with E-state index in [0.717, 1.165) is 5.56 Å². The fourth-order valence-electron chi connectivity index (χ4n) is 1.65. The summed E-state index contributed by atoms with van der Waals surface area (Å²) >= 11 is 5.89. The van der Waals surface area contributed by atoms with Gasteiger partial charge in [0.25, 0.3) is 5.91 Å². The Kier molecular flexibility index (Phi) is 5.62. The van der Waals surface area contributed by atoms with Crippen LogP contribution in [-0.4, -0.2) is 17.6 Å². The lowest BCUT2D eigenvalue weighted by Gasteiger charge is -2.29. The third-order valence-electron chi connectivity index (χ3n) is 3.58. The number of carbonyl (C=O) groups is 1. The lowest BCUT2D eigenvalue weighted by atomic mass is 9.90. The fraction of sp³-hybridized carbons (Fsp3) is 0.500.